The fraction of sp³-hybridized carbons (Fsp3) is 0.0667. The van der Waals surface area contributed by atoms with Crippen LogP contribution in [-0.2, 0) is 0 Å². The molecule has 21 heavy (non-hydrogen) atoms. The summed E-state index contributed by atoms with van der Waals surface area (Å²) in [5.41, 5.74) is 2.18. The Kier molecular flexibility index (Phi) is 4.50. The zero-order chi connectivity index (χ0) is 15.6. The normalized spacial score (nSPS) is 10.2. The molecule has 0 saturated heterocycles. The van der Waals surface area contributed by atoms with Gasteiger partial charge in [0.05, 0.1) is 0 Å². The summed E-state index contributed by atoms with van der Waals surface area (Å²) in [6, 6.07) is 9.88. The van der Waals surface area contributed by atoms with E-state index in [0.717, 1.165) is 16.0 Å². The minimum Gasteiger partial charge on any atom is -0.507 e. The summed E-state index contributed by atoms with van der Waals surface area (Å²) < 4.78 is 0. The first-order valence-electron chi connectivity index (χ1n) is 6.06. The maximum Gasteiger partial charge on any atom is 0.339 e. The van der Waals surface area contributed by atoms with E-state index in [1.165, 1.54) is 12.1 Å². The van der Waals surface area contributed by atoms with Crippen LogP contribution in [0.3, 0.4) is 0 Å². The molecule has 108 valence electrons. The molecule has 0 aliphatic rings. The molecule has 0 unspecified atom stereocenters. The Morgan fingerprint density at radius 3 is 2.52 bits per heavy atom. The van der Waals surface area contributed by atoms with Gasteiger partial charge in [-0.1, -0.05) is 23.8 Å². The first-order valence-corrected chi connectivity index (χ1v) is 6.91. The Morgan fingerprint density at radius 1 is 1.19 bits per heavy atom. The van der Waals surface area contributed by atoms with Gasteiger partial charge in [-0.25, -0.2) is 4.79 Å². The fourth-order valence-corrected chi connectivity index (χ4v) is 2.43. The molecule has 0 bridgehead atoms. The number of phenols is 1. The van der Waals surface area contributed by atoms with Gasteiger partial charge < -0.3 is 15.5 Å². The van der Waals surface area contributed by atoms with Crippen LogP contribution in [0.15, 0.2) is 41.3 Å². The molecular formula is C15H13NO3S2. The second kappa shape index (κ2) is 6.15. The first kappa shape index (κ1) is 15.3. The highest BCUT2D eigenvalue weighted by Gasteiger charge is 2.11. The van der Waals surface area contributed by atoms with E-state index >= 15 is 0 Å². The molecule has 0 heterocycles. The molecule has 2 aromatic carbocycles. The van der Waals surface area contributed by atoms with Crippen molar-refractivity contribution in [3.8, 4) is 5.75 Å². The number of aromatic hydroxyl groups is 1. The number of aryl methyl sites for hydroxylation is 1. The zero-order valence-corrected chi connectivity index (χ0v) is 12.8. The largest absolute Gasteiger partial charge is 0.507 e. The third kappa shape index (κ3) is 3.53. The molecule has 3 N–H and O–H groups in total. The van der Waals surface area contributed by atoms with Gasteiger partial charge in [0.25, 0.3) is 0 Å². The van der Waals surface area contributed by atoms with Crippen LogP contribution in [0, 0.1) is 6.92 Å². The number of carboxylic acid groups (broad SMARTS) is 1. The molecule has 0 aliphatic heterocycles. The van der Waals surface area contributed by atoms with Crippen LogP contribution in [0.5, 0.6) is 5.75 Å². The molecule has 0 aromatic heterocycles. The summed E-state index contributed by atoms with van der Waals surface area (Å²) >= 11 is 9.68. The molecule has 0 fully saturated rings. The third-order valence-corrected chi connectivity index (χ3v) is 3.59. The van der Waals surface area contributed by atoms with Gasteiger partial charge in [-0.15, -0.1) is 12.6 Å². The first-order chi connectivity index (χ1) is 9.88. The quantitative estimate of drug-likeness (QED) is 0.515. The van der Waals surface area contributed by atoms with Gasteiger partial charge in [0.2, 0.25) is 0 Å². The summed E-state index contributed by atoms with van der Waals surface area (Å²) in [5.74, 6) is -1.50. The number of nitrogens with one attached hydrogen (secondary N) is 1. The van der Waals surface area contributed by atoms with Crippen LogP contribution in [0.1, 0.15) is 21.5 Å². The van der Waals surface area contributed by atoms with Crippen molar-refractivity contribution in [1.29, 1.82) is 0 Å². The number of hydrogen-bond acceptors (Lipinski definition) is 4. The average Bonchev–Trinajstić information content (AvgIpc) is 2.41. The number of carbonyl (C=O) groups is 1. The Morgan fingerprint density at radius 2 is 1.90 bits per heavy atom. The monoisotopic (exact) mass is 319 g/mol. The highest BCUT2D eigenvalue weighted by atomic mass is 32.1. The Labute approximate surface area is 132 Å². The van der Waals surface area contributed by atoms with E-state index in [0.29, 0.717) is 10.7 Å². The molecule has 2 aromatic rings. The molecule has 4 nitrogen and oxygen atoms in total. The van der Waals surface area contributed by atoms with E-state index in [4.69, 9.17) is 17.3 Å². The predicted octanol–water partition coefficient (Wildman–Crippen LogP) is 3.48. The molecule has 0 saturated carbocycles. The van der Waals surface area contributed by atoms with Crippen molar-refractivity contribution < 1.29 is 15.0 Å². The number of anilines is 1. The van der Waals surface area contributed by atoms with E-state index in [1.807, 2.05) is 25.1 Å². The van der Waals surface area contributed by atoms with E-state index in [9.17, 15) is 9.90 Å². The Bertz CT molecular complexity index is 729. The molecule has 0 spiro atoms. The van der Waals surface area contributed by atoms with Crippen LogP contribution in [0.4, 0.5) is 5.69 Å². The number of carboxylic acids is 1. The van der Waals surface area contributed by atoms with E-state index < -0.39 is 5.97 Å². The number of benzene rings is 2. The van der Waals surface area contributed by atoms with Gasteiger partial charge in [-0.05, 0) is 31.2 Å². The van der Waals surface area contributed by atoms with Crippen molar-refractivity contribution in [1.82, 2.24) is 0 Å². The molecule has 0 radical (unpaired) electrons. The summed E-state index contributed by atoms with van der Waals surface area (Å²) in [4.78, 5) is 12.0. The SMILES string of the molecule is Cc1ccc(S)c(C(=S)Nc2ccc(C(=O)O)c(O)c2)c1. The van der Waals surface area contributed by atoms with Crippen molar-refractivity contribution in [3.05, 3.63) is 53.1 Å². The van der Waals surface area contributed by atoms with Crippen LogP contribution in [-0.4, -0.2) is 21.2 Å². The lowest BCUT2D eigenvalue weighted by Crippen LogP contribution is -2.12. The third-order valence-electron chi connectivity index (χ3n) is 2.88. The summed E-state index contributed by atoms with van der Waals surface area (Å²) in [7, 11) is 0. The minimum absolute atomic E-state index is 0.156. The molecule has 0 atom stereocenters. The van der Waals surface area contributed by atoms with Crippen LogP contribution in [0.25, 0.3) is 0 Å². The average molecular weight is 319 g/mol. The lowest BCUT2D eigenvalue weighted by atomic mass is 10.1. The number of thiocarbonyl (C=S) groups is 1. The van der Waals surface area contributed by atoms with Gasteiger partial charge in [-0.3, -0.25) is 0 Å². The van der Waals surface area contributed by atoms with Crippen LogP contribution >= 0.6 is 24.8 Å². The van der Waals surface area contributed by atoms with E-state index in [1.54, 1.807) is 6.07 Å². The van der Waals surface area contributed by atoms with Crippen molar-refractivity contribution in [2.75, 3.05) is 5.32 Å². The lowest BCUT2D eigenvalue weighted by Gasteiger charge is -2.11. The van der Waals surface area contributed by atoms with Crippen LogP contribution in [0.2, 0.25) is 0 Å². The van der Waals surface area contributed by atoms with Gasteiger partial charge in [-0.2, -0.15) is 0 Å². The van der Waals surface area contributed by atoms with Crippen LogP contribution < -0.4 is 5.32 Å². The van der Waals surface area contributed by atoms with Gasteiger partial charge >= 0.3 is 5.97 Å². The molecule has 6 heteroatoms. The Hall–Kier alpha value is -2.05. The topological polar surface area (TPSA) is 69.6 Å². The molecule has 0 aliphatic carbocycles. The van der Waals surface area contributed by atoms with Gasteiger partial charge in [0, 0.05) is 22.2 Å². The predicted molar refractivity (Wildman–Crippen MR) is 88.8 cm³/mol. The minimum atomic E-state index is -1.18. The second-order valence-electron chi connectivity index (χ2n) is 4.51. The fourth-order valence-electron chi connectivity index (χ4n) is 1.82. The summed E-state index contributed by atoms with van der Waals surface area (Å²) in [6.45, 7) is 1.95. The van der Waals surface area contributed by atoms with E-state index in [-0.39, 0.29) is 11.3 Å². The summed E-state index contributed by atoms with van der Waals surface area (Å²) in [5, 5.41) is 21.5. The maximum absolute atomic E-state index is 10.8. The molecule has 2 rings (SSSR count). The standard InChI is InChI=1S/C15H13NO3S2/c1-8-2-5-13(20)11(6-8)14(21)16-9-3-4-10(15(18)19)12(17)7-9/h2-7,17,20H,1H3,(H,16,21)(H,18,19). The number of thiol groups is 1. The highest BCUT2D eigenvalue weighted by Crippen LogP contribution is 2.24. The molecular weight excluding hydrogens is 306 g/mol. The number of aromatic carboxylic acids is 1. The zero-order valence-electron chi connectivity index (χ0n) is 11.1. The molecule has 0 amide bonds. The summed E-state index contributed by atoms with van der Waals surface area (Å²) in [6.07, 6.45) is 0. The maximum atomic E-state index is 10.8. The number of rotatable bonds is 3. The van der Waals surface area contributed by atoms with Crippen molar-refractivity contribution >= 4 is 41.5 Å². The second-order valence-corrected chi connectivity index (χ2v) is 5.40. The lowest BCUT2D eigenvalue weighted by molar-refractivity contribution is 0.0694. The van der Waals surface area contributed by atoms with Gasteiger partial charge in [0.1, 0.15) is 16.3 Å². The van der Waals surface area contributed by atoms with Crippen molar-refractivity contribution in [2.24, 2.45) is 0 Å². The highest BCUT2D eigenvalue weighted by molar-refractivity contribution is 7.82. The van der Waals surface area contributed by atoms with E-state index in [2.05, 4.69) is 17.9 Å². The smallest absolute Gasteiger partial charge is 0.339 e. The van der Waals surface area contributed by atoms with Gasteiger partial charge in [0.15, 0.2) is 0 Å². The Balaban J connectivity index is 2.26. The van der Waals surface area contributed by atoms with Crippen molar-refractivity contribution in [2.45, 2.75) is 11.8 Å². The number of hydrogen-bond donors (Lipinski definition) is 4. The van der Waals surface area contributed by atoms with Crippen molar-refractivity contribution in [3.63, 3.8) is 0 Å².